The third kappa shape index (κ3) is 2.65. The summed E-state index contributed by atoms with van der Waals surface area (Å²) in [5.41, 5.74) is 10.7. The van der Waals surface area contributed by atoms with Crippen LogP contribution in [0, 0.1) is 0 Å². The molecular weight excluding hydrogens is 344 g/mol. The molecule has 3 nitrogen and oxygen atoms in total. The van der Waals surface area contributed by atoms with Crippen molar-refractivity contribution in [2.24, 2.45) is 5.73 Å². The van der Waals surface area contributed by atoms with Gasteiger partial charge in [-0.15, -0.1) is 0 Å². The van der Waals surface area contributed by atoms with Crippen LogP contribution in [0.5, 0.6) is 0 Å². The number of amides is 1. The summed E-state index contributed by atoms with van der Waals surface area (Å²) in [4.78, 5) is 12.0. The fourth-order valence-corrected chi connectivity index (χ4v) is 3.89. The van der Waals surface area contributed by atoms with Gasteiger partial charge in [-0.25, -0.2) is 0 Å². The van der Waals surface area contributed by atoms with Crippen LogP contribution in [0.1, 0.15) is 28.4 Å². The maximum Gasteiger partial charge on any atom is 0.249 e. The highest BCUT2D eigenvalue weighted by molar-refractivity contribution is 6.32. The Morgan fingerprint density at radius 1 is 1.00 bits per heavy atom. The van der Waals surface area contributed by atoms with Crippen LogP contribution >= 0.6 is 11.6 Å². The van der Waals surface area contributed by atoms with Gasteiger partial charge in [-0.3, -0.25) is 4.79 Å². The fourth-order valence-electron chi connectivity index (χ4n) is 3.72. The van der Waals surface area contributed by atoms with E-state index in [1.807, 2.05) is 30.3 Å². The van der Waals surface area contributed by atoms with Gasteiger partial charge in [-0.1, -0.05) is 54.9 Å². The second kappa shape index (κ2) is 6.50. The van der Waals surface area contributed by atoms with E-state index in [0.29, 0.717) is 17.1 Å². The fraction of sp³-hybridized carbons (Fsp3) is 0.136. The first-order valence-corrected chi connectivity index (χ1v) is 9.05. The van der Waals surface area contributed by atoms with E-state index in [-0.39, 0.29) is 0 Å². The molecule has 26 heavy (non-hydrogen) atoms. The molecule has 0 radical (unpaired) electrons. The SMILES string of the molecule is CCc1ccccc1Cn1c2cc(Cl)ccc2c2c(C(N)=O)cccc21. The lowest BCUT2D eigenvalue weighted by molar-refractivity contribution is 0.100. The molecule has 0 saturated carbocycles. The Kier molecular flexibility index (Phi) is 4.17. The minimum atomic E-state index is -0.418. The normalized spacial score (nSPS) is 11.3. The molecule has 4 rings (SSSR count). The molecule has 130 valence electrons. The van der Waals surface area contributed by atoms with E-state index >= 15 is 0 Å². The third-order valence-electron chi connectivity index (χ3n) is 4.95. The smallest absolute Gasteiger partial charge is 0.249 e. The number of fused-ring (bicyclic) bond motifs is 3. The summed E-state index contributed by atoms with van der Waals surface area (Å²) in [7, 11) is 0. The molecule has 2 N–H and O–H groups in total. The predicted molar refractivity (Wildman–Crippen MR) is 108 cm³/mol. The highest BCUT2D eigenvalue weighted by atomic mass is 35.5. The summed E-state index contributed by atoms with van der Waals surface area (Å²) in [5, 5.41) is 2.55. The maximum atomic E-state index is 12.0. The van der Waals surface area contributed by atoms with Crippen molar-refractivity contribution in [2.75, 3.05) is 0 Å². The van der Waals surface area contributed by atoms with E-state index in [4.69, 9.17) is 17.3 Å². The Morgan fingerprint density at radius 2 is 1.77 bits per heavy atom. The molecule has 0 bridgehead atoms. The summed E-state index contributed by atoms with van der Waals surface area (Å²) in [5.74, 6) is -0.418. The van der Waals surface area contributed by atoms with E-state index in [1.54, 1.807) is 6.07 Å². The quantitative estimate of drug-likeness (QED) is 0.535. The number of benzene rings is 3. The van der Waals surface area contributed by atoms with Gasteiger partial charge in [0.15, 0.2) is 0 Å². The molecule has 0 atom stereocenters. The standard InChI is InChI=1S/C22H19ClN2O/c1-2-14-6-3-4-7-15(14)13-25-19-9-5-8-18(22(24)26)21(19)17-11-10-16(23)12-20(17)25/h3-12H,2,13H2,1H3,(H2,24,26). The third-order valence-corrected chi connectivity index (χ3v) is 5.18. The summed E-state index contributed by atoms with van der Waals surface area (Å²) >= 11 is 6.28. The van der Waals surface area contributed by atoms with Crippen LogP contribution in [-0.2, 0) is 13.0 Å². The lowest BCUT2D eigenvalue weighted by Gasteiger charge is -2.12. The molecule has 0 aliphatic rings. The van der Waals surface area contributed by atoms with Crippen molar-refractivity contribution in [2.45, 2.75) is 19.9 Å². The number of hydrogen-bond donors (Lipinski definition) is 1. The molecule has 0 fully saturated rings. The van der Waals surface area contributed by atoms with Crippen molar-refractivity contribution in [1.82, 2.24) is 4.57 Å². The van der Waals surface area contributed by atoms with Gasteiger partial charge in [-0.05, 0) is 41.8 Å². The molecule has 4 aromatic rings. The van der Waals surface area contributed by atoms with Crippen molar-refractivity contribution < 1.29 is 4.79 Å². The monoisotopic (exact) mass is 362 g/mol. The van der Waals surface area contributed by atoms with Crippen molar-refractivity contribution >= 4 is 39.3 Å². The molecule has 0 saturated heterocycles. The van der Waals surface area contributed by atoms with Gasteiger partial charge < -0.3 is 10.3 Å². The molecule has 1 aromatic heterocycles. The van der Waals surface area contributed by atoms with Gasteiger partial charge in [0.25, 0.3) is 0 Å². The number of nitrogens with two attached hydrogens (primary N) is 1. The first kappa shape index (κ1) is 16.7. The molecule has 0 aliphatic heterocycles. The Bertz CT molecular complexity index is 1140. The largest absolute Gasteiger partial charge is 0.366 e. The number of aromatic nitrogens is 1. The number of primary amides is 1. The lowest BCUT2D eigenvalue weighted by Crippen LogP contribution is -2.11. The zero-order chi connectivity index (χ0) is 18.3. The summed E-state index contributed by atoms with van der Waals surface area (Å²) in [6, 6.07) is 19.9. The van der Waals surface area contributed by atoms with E-state index < -0.39 is 5.91 Å². The highest BCUT2D eigenvalue weighted by Crippen LogP contribution is 2.34. The molecule has 0 aliphatic carbocycles. The van der Waals surface area contributed by atoms with Gasteiger partial charge in [0.1, 0.15) is 0 Å². The Labute approximate surface area is 157 Å². The molecular formula is C22H19ClN2O. The van der Waals surface area contributed by atoms with Crippen LogP contribution in [-0.4, -0.2) is 10.5 Å². The molecule has 3 aromatic carbocycles. The van der Waals surface area contributed by atoms with Crippen LogP contribution < -0.4 is 5.73 Å². The number of aryl methyl sites for hydroxylation is 1. The van der Waals surface area contributed by atoms with E-state index in [9.17, 15) is 4.79 Å². The van der Waals surface area contributed by atoms with Crippen LogP contribution in [0.15, 0.2) is 60.7 Å². The van der Waals surface area contributed by atoms with Crippen LogP contribution in [0.4, 0.5) is 0 Å². The van der Waals surface area contributed by atoms with Gasteiger partial charge in [0, 0.05) is 27.9 Å². The first-order valence-electron chi connectivity index (χ1n) is 8.67. The average Bonchev–Trinajstić information content (AvgIpc) is 2.95. The second-order valence-corrected chi connectivity index (χ2v) is 6.87. The Morgan fingerprint density at radius 3 is 2.50 bits per heavy atom. The Balaban J connectivity index is 2.05. The molecule has 1 heterocycles. The lowest BCUT2D eigenvalue weighted by atomic mass is 10.1. The van der Waals surface area contributed by atoms with Crippen LogP contribution in [0.2, 0.25) is 5.02 Å². The average molecular weight is 363 g/mol. The molecule has 4 heteroatoms. The van der Waals surface area contributed by atoms with Crippen molar-refractivity contribution in [3.8, 4) is 0 Å². The van der Waals surface area contributed by atoms with Crippen molar-refractivity contribution in [3.63, 3.8) is 0 Å². The van der Waals surface area contributed by atoms with Gasteiger partial charge in [0.05, 0.1) is 11.0 Å². The minimum absolute atomic E-state index is 0.418. The van der Waals surface area contributed by atoms with Gasteiger partial charge in [-0.2, -0.15) is 0 Å². The van der Waals surface area contributed by atoms with E-state index in [0.717, 1.165) is 28.2 Å². The second-order valence-electron chi connectivity index (χ2n) is 6.43. The summed E-state index contributed by atoms with van der Waals surface area (Å²) < 4.78 is 2.22. The maximum absolute atomic E-state index is 12.0. The van der Waals surface area contributed by atoms with Gasteiger partial charge >= 0.3 is 0 Å². The molecule has 0 spiro atoms. The van der Waals surface area contributed by atoms with Gasteiger partial charge in [0.2, 0.25) is 5.91 Å². The number of hydrogen-bond acceptors (Lipinski definition) is 1. The van der Waals surface area contributed by atoms with Crippen molar-refractivity contribution in [1.29, 1.82) is 0 Å². The highest BCUT2D eigenvalue weighted by Gasteiger charge is 2.17. The molecule has 0 unspecified atom stereocenters. The summed E-state index contributed by atoms with van der Waals surface area (Å²) in [6.45, 7) is 2.87. The predicted octanol–water partition coefficient (Wildman–Crippen LogP) is 5.16. The Hall–Kier alpha value is -2.78. The van der Waals surface area contributed by atoms with Crippen molar-refractivity contribution in [3.05, 3.63) is 82.4 Å². The minimum Gasteiger partial charge on any atom is -0.366 e. The topological polar surface area (TPSA) is 48.0 Å². The van der Waals surface area contributed by atoms with Crippen LogP contribution in [0.3, 0.4) is 0 Å². The van der Waals surface area contributed by atoms with Crippen LogP contribution in [0.25, 0.3) is 21.8 Å². The number of carbonyl (C=O) groups is 1. The zero-order valence-corrected chi connectivity index (χ0v) is 15.3. The molecule has 1 amide bonds. The summed E-state index contributed by atoms with van der Waals surface area (Å²) in [6.07, 6.45) is 0.973. The first-order chi connectivity index (χ1) is 12.6. The van der Waals surface area contributed by atoms with E-state index in [2.05, 4.69) is 35.8 Å². The zero-order valence-electron chi connectivity index (χ0n) is 14.5. The van der Waals surface area contributed by atoms with E-state index in [1.165, 1.54) is 11.1 Å². The number of halogens is 1. The number of carbonyl (C=O) groups excluding carboxylic acids is 1. The number of rotatable bonds is 4. The number of nitrogens with zero attached hydrogens (tertiary/aromatic N) is 1.